The Kier molecular flexibility index (Phi) is 5.80. The van der Waals surface area contributed by atoms with Gasteiger partial charge in [0.1, 0.15) is 5.69 Å². The van der Waals surface area contributed by atoms with Gasteiger partial charge in [-0.2, -0.15) is 13.2 Å². The molecular formula is C27H28F3N5O2S. The highest BCUT2D eigenvalue weighted by Crippen LogP contribution is 2.62. The van der Waals surface area contributed by atoms with Gasteiger partial charge in [0.05, 0.1) is 28.5 Å². The number of alkyl halides is 3. The number of piperazine rings is 1. The van der Waals surface area contributed by atoms with Gasteiger partial charge in [-0.15, -0.1) is 11.3 Å². The third-order valence-corrected chi connectivity index (χ3v) is 9.43. The van der Waals surface area contributed by atoms with Gasteiger partial charge in [0, 0.05) is 42.2 Å². The van der Waals surface area contributed by atoms with Gasteiger partial charge in [0.15, 0.2) is 0 Å². The van der Waals surface area contributed by atoms with Crippen LogP contribution >= 0.6 is 11.3 Å². The van der Waals surface area contributed by atoms with Crippen LogP contribution in [0.3, 0.4) is 0 Å². The molecule has 3 unspecified atom stereocenters. The van der Waals surface area contributed by atoms with Crippen molar-refractivity contribution >= 4 is 33.4 Å². The molecule has 5 heterocycles. The van der Waals surface area contributed by atoms with Gasteiger partial charge in [0.2, 0.25) is 11.8 Å². The highest BCUT2D eigenvalue weighted by Gasteiger charge is 2.67. The number of thiophene rings is 1. The molecule has 7 nitrogen and oxygen atoms in total. The maximum atomic E-state index is 13.8. The van der Waals surface area contributed by atoms with Crippen LogP contribution in [0.2, 0.25) is 0 Å². The number of aryl methyl sites for hydroxylation is 1. The number of fused-ring (bicyclic) bond motifs is 2. The number of nitrogens with zero attached hydrogens (tertiary/aromatic N) is 3. The summed E-state index contributed by atoms with van der Waals surface area (Å²) >= 11 is 1.43. The summed E-state index contributed by atoms with van der Waals surface area (Å²) in [5.74, 6) is 0.442. The predicted octanol–water partition coefficient (Wildman–Crippen LogP) is 3.93. The number of hydrogen-bond donors (Lipinski definition) is 2. The molecule has 6 rings (SSSR count). The highest BCUT2D eigenvalue weighted by molar-refractivity contribution is 7.19. The maximum Gasteiger partial charge on any atom is 0.433 e. The largest absolute Gasteiger partial charge is 0.433 e. The van der Waals surface area contributed by atoms with Crippen LogP contribution < -0.4 is 10.6 Å². The molecule has 0 bridgehead atoms. The molecule has 1 aliphatic carbocycles. The number of piperidine rings is 1. The van der Waals surface area contributed by atoms with Gasteiger partial charge in [-0.1, -0.05) is 13.8 Å². The minimum absolute atomic E-state index is 0.0655. The zero-order valence-corrected chi connectivity index (χ0v) is 22.1. The van der Waals surface area contributed by atoms with E-state index in [0.29, 0.717) is 52.5 Å². The van der Waals surface area contributed by atoms with E-state index in [9.17, 15) is 22.8 Å². The summed E-state index contributed by atoms with van der Waals surface area (Å²) in [5.41, 5.74) is 1.51. The molecule has 3 aromatic heterocycles. The van der Waals surface area contributed by atoms with E-state index in [2.05, 4.69) is 34.4 Å². The number of amides is 2. The van der Waals surface area contributed by atoms with Crippen molar-refractivity contribution in [1.82, 2.24) is 25.5 Å². The van der Waals surface area contributed by atoms with E-state index in [1.165, 1.54) is 11.3 Å². The van der Waals surface area contributed by atoms with Crippen LogP contribution in [0.5, 0.6) is 0 Å². The predicted molar refractivity (Wildman–Crippen MR) is 137 cm³/mol. The Hall–Kier alpha value is -3.05. The fraction of sp³-hybridized carbons (Fsp3) is 0.481. The van der Waals surface area contributed by atoms with E-state index in [1.54, 1.807) is 19.2 Å². The zero-order chi connectivity index (χ0) is 27.0. The number of aromatic nitrogens is 2. The van der Waals surface area contributed by atoms with Crippen LogP contribution in [0.1, 0.15) is 35.5 Å². The third kappa shape index (κ3) is 4.16. The monoisotopic (exact) mass is 543 g/mol. The minimum Gasteiger partial charge on any atom is -0.353 e. The molecule has 2 saturated heterocycles. The van der Waals surface area contributed by atoms with Crippen LogP contribution in [-0.2, 0) is 28.7 Å². The number of pyridine rings is 2. The first-order valence-corrected chi connectivity index (χ1v) is 13.5. The van der Waals surface area contributed by atoms with Gasteiger partial charge in [-0.25, -0.2) is 4.98 Å². The second-order valence-corrected chi connectivity index (χ2v) is 12.2. The molecule has 0 spiro atoms. The third-order valence-electron chi connectivity index (χ3n) is 8.29. The zero-order valence-electron chi connectivity index (χ0n) is 21.3. The second kappa shape index (κ2) is 8.74. The molecule has 2 amide bonds. The number of rotatable bonds is 5. The highest BCUT2D eigenvalue weighted by atomic mass is 32.1. The van der Waals surface area contributed by atoms with E-state index < -0.39 is 17.9 Å². The van der Waals surface area contributed by atoms with Crippen molar-refractivity contribution in [2.75, 3.05) is 19.6 Å². The summed E-state index contributed by atoms with van der Waals surface area (Å²) in [7, 11) is 0. The van der Waals surface area contributed by atoms with Crippen molar-refractivity contribution in [2.45, 2.75) is 46.0 Å². The number of nitrogens with one attached hydrogen (secondary N) is 2. The van der Waals surface area contributed by atoms with Crippen LogP contribution in [0.15, 0.2) is 24.4 Å². The Morgan fingerprint density at radius 1 is 1.21 bits per heavy atom. The number of carbonyl (C=O) groups excluding carboxylic acids is 2. The molecule has 1 saturated carbocycles. The van der Waals surface area contributed by atoms with Crippen LogP contribution in [0.25, 0.3) is 21.5 Å². The fourth-order valence-electron chi connectivity index (χ4n) is 6.02. The van der Waals surface area contributed by atoms with Crippen molar-refractivity contribution < 1.29 is 22.8 Å². The number of carbonyl (C=O) groups is 2. The average Bonchev–Trinajstić information content (AvgIpc) is 3.14. The fourth-order valence-corrected chi connectivity index (χ4v) is 7.17. The summed E-state index contributed by atoms with van der Waals surface area (Å²) in [6, 6.07) is 4.07. The Labute approximate surface area is 221 Å². The lowest BCUT2D eigenvalue weighted by Crippen LogP contribution is -2.53. The molecule has 2 N–H and O–H groups in total. The summed E-state index contributed by atoms with van der Waals surface area (Å²) < 4.78 is 42.1. The Balaban J connectivity index is 1.39. The van der Waals surface area contributed by atoms with Crippen molar-refractivity contribution in [3.63, 3.8) is 0 Å². The molecule has 3 aliphatic rings. The first-order chi connectivity index (χ1) is 17.9. The van der Waals surface area contributed by atoms with Crippen molar-refractivity contribution in [3.05, 3.63) is 46.1 Å². The molecule has 0 radical (unpaired) electrons. The molecule has 0 aromatic carbocycles. The number of hydrogen-bond acceptors (Lipinski definition) is 6. The van der Waals surface area contributed by atoms with Crippen molar-refractivity contribution in [2.24, 2.45) is 17.3 Å². The Bertz CT molecular complexity index is 1470. The molecule has 3 atom stereocenters. The molecular weight excluding hydrogens is 515 g/mol. The molecule has 3 fully saturated rings. The van der Waals surface area contributed by atoms with E-state index in [0.717, 1.165) is 17.5 Å². The molecule has 38 heavy (non-hydrogen) atoms. The summed E-state index contributed by atoms with van der Waals surface area (Å²) in [4.78, 5) is 36.7. The lowest BCUT2D eigenvalue weighted by Gasteiger charge is -2.25. The van der Waals surface area contributed by atoms with Crippen LogP contribution in [-0.4, -0.2) is 52.4 Å². The average molecular weight is 544 g/mol. The Morgan fingerprint density at radius 2 is 2.00 bits per heavy atom. The lowest BCUT2D eigenvalue weighted by atomic mass is 9.94. The van der Waals surface area contributed by atoms with E-state index in [4.69, 9.17) is 0 Å². The van der Waals surface area contributed by atoms with Crippen LogP contribution in [0, 0.1) is 24.2 Å². The van der Waals surface area contributed by atoms with Crippen molar-refractivity contribution in [3.8, 4) is 11.3 Å². The number of likely N-dealkylation sites (tertiary alicyclic amines) is 1. The molecule has 200 valence electrons. The summed E-state index contributed by atoms with van der Waals surface area (Å²) in [5, 5.41) is 5.96. The van der Waals surface area contributed by atoms with Gasteiger partial charge in [-0.05, 0) is 54.0 Å². The lowest BCUT2D eigenvalue weighted by molar-refractivity contribution is -0.141. The Morgan fingerprint density at radius 3 is 2.68 bits per heavy atom. The first kappa shape index (κ1) is 25.2. The maximum absolute atomic E-state index is 13.8. The molecule has 11 heteroatoms. The number of halogens is 3. The van der Waals surface area contributed by atoms with Crippen LogP contribution in [0.4, 0.5) is 13.2 Å². The minimum atomic E-state index is -4.62. The molecule has 2 aliphatic heterocycles. The smallest absolute Gasteiger partial charge is 0.353 e. The molecule has 3 aromatic rings. The quantitative estimate of drug-likeness (QED) is 0.509. The topological polar surface area (TPSA) is 87.2 Å². The second-order valence-electron chi connectivity index (χ2n) is 11.1. The van der Waals surface area contributed by atoms with Gasteiger partial charge < -0.3 is 15.5 Å². The van der Waals surface area contributed by atoms with Gasteiger partial charge in [-0.3, -0.25) is 14.6 Å². The SMILES string of the molecule is Cc1cc(C(F)(F)F)nc(-c2ccnc3cc(CN4CC5C(C4=O)C5(C)C)sc23)c1CC1NCCNC1=O. The van der Waals surface area contributed by atoms with Crippen molar-refractivity contribution in [1.29, 1.82) is 0 Å². The van der Waals surface area contributed by atoms with E-state index in [-0.39, 0.29) is 35.3 Å². The van der Waals surface area contributed by atoms with Gasteiger partial charge in [0.25, 0.3) is 0 Å². The summed E-state index contributed by atoms with van der Waals surface area (Å²) in [6.45, 7) is 8.15. The standard InChI is InChI=1S/C27H28F3N5O2S/c1-13-8-20(27(28,29)30)34-22(16(13)10-19-24(36)33-7-6-32-19)15-4-5-31-18-9-14(38-23(15)18)11-35-12-17-21(25(35)37)26(17,2)3/h4-5,8-9,17,19,21,32H,6-7,10-12H2,1-3H3,(H,33,36). The normalized spacial score (nSPS) is 24.6. The summed E-state index contributed by atoms with van der Waals surface area (Å²) in [6.07, 6.45) is -2.84. The van der Waals surface area contributed by atoms with Gasteiger partial charge >= 0.3 is 6.18 Å². The van der Waals surface area contributed by atoms with E-state index >= 15 is 0 Å². The van der Waals surface area contributed by atoms with E-state index in [1.807, 2.05) is 11.0 Å². The first-order valence-electron chi connectivity index (χ1n) is 12.7.